The van der Waals surface area contributed by atoms with Gasteiger partial charge in [0.15, 0.2) is 0 Å². The summed E-state index contributed by atoms with van der Waals surface area (Å²) >= 11 is 0. The first-order chi connectivity index (χ1) is 12.6. The van der Waals surface area contributed by atoms with Crippen molar-refractivity contribution in [2.24, 2.45) is 0 Å². The SMILES string of the molecule is Cc1cc(CCc2ccccc2)oc(=O)c1C(=O)N[C@H]1C[C@H]2CC[C@@H]1N2.Cl.Cl. The molecule has 5 nitrogen and oxygen atoms in total. The lowest BCUT2D eigenvalue weighted by Gasteiger charge is -2.21. The summed E-state index contributed by atoms with van der Waals surface area (Å²) in [5.41, 5.74) is 1.47. The van der Waals surface area contributed by atoms with E-state index in [9.17, 15) is 9.59 Å². The number of fused-ring (bicyclic) bond motifs is 2. The van der Waals surface area contributed by atoms with Gasteiger partial charge in [-0.05, 0) is 49.8 Å². The van der Waals surface area contributed by atoms with Crippen LogP contribution in [0, 0.1) is 6.92 Å². The predicted octanol–water partition coefficient (Wildman–Crippen LogP) is 3.20. The average Bonchev–Trinajstić information content (AvgIpc) is 3.23. The van der Waals surface area contributed by atoms with E-state index in [1.54, 1.807) is 6.92 Å². The lowest BCUT2D eigenvalue weighted by molar-refractivity contribution is 0.0926. The van der Waals surface area contributed by atoms with Gasteiger partial charge in [-0.3, -0.25) is 4.79 Å². The molecule has 2 aliphatic rings. The summed E-state index contributed by atoms with van der Waals surface area (Å²) in [6.07, 6.45) is 4.63. The molecule has 1 aromatic heterocycles. The van der Waals surface area contributed by atoms with Crippen LogP contribution in [-0.2, 0) is 12.8 Å². The van der Waals surface area contributed by atoms with Crippen LogP contribution in [0.2, 0.25) is 0 Å². The lowest BCUT2D eigenvalue weighted by atomic mass is 9.95. The zero-order valence-electron chi connectivity index (χ0n) is 15.8. The largest absolute Gasteiger partial charge is 0.427 e. The molecule has 2 saturated heterocycles. The first-order valence-corrected chi connectivity index (χ1v) is 9.34. The molecular formula is C21H26Cl2N2O3. The van der Waals surface area contributed by atoms with Crippen LogP contribution >= 0.6 is 24.8 Å². The average molecular weight is 425 g/mol. The first kappa shape index (κ1) is 22.5. The minimum absolute atomic E-state index is 0. The Morgan fingerprint density at radius 3 is 2.54 bits per heavy atom. The van der Waals surface area contributed by atoms with E-state index in [0.29, 0.717) is 29.8 Å². The highest BCUT2D eigenvalue weighted by Gasteiger charge is 2.40. The fourth-order valence-corrected chi connectivity index (χ4v) is 4.21. The Morgan fingerprint density at radius 1 is 1.18 bits per heavy atom. The molecule has 4 rings (SSSR count). The molecule has 2 bridgehead atoms. The van der Waals surface area contributed by atoms with E-state index in [1.165, 1.54) is 12.0 Å². The maximum absolute atomic E-state index is 12.6. The second-order valence-electron chi connectivity index (χ2n) is 7.41. The molecule has 2 aromatic rings. The molecule has 2 fully saturated rings. The predicted molar refractivity (Wildman–Crippen MR) is 114 cm³/mol. The number of nitrogens with one attached hydrogen (secondary N) is 2. The van der Waals surface area contributed by atoms with Gasteiger partial charge in [-0.1, -0.05) is 30.3 Å². The molecule has 2 aliphatic heterocycles. The highest BCUT2D eigenvalue weighted by atomic mass is 35.5. The summed E-state index contributed by atoms with van der Waals surface area (Å²) in [5, 5.41) is 6.51. The molecule has 3 atom stereocenters. The fourth-order valence-electron chi connectivity index (χ4n) is 4.21. The Bertz CT molecular complexity index is 870. The normalized spacial score (nSPS) is 22.2. The van der Waals surface area contributed by atoms with Crippen molar-refractivity contribution in [1.29, 1.82) is 0 Å². The highest BCUT2D eigenvalue weighted by Crippen LogP contribution is 2.28. The smallest absolute Gasteiger partial charge is 0.349 e. The Kier molecular flexibility index (Phi) is 7.70. The second-order valence-corrected chi connectivity index (χ2v) is 7.41. The molecule has 0 unspecified atom stereocenters. The Morgan fingerprint density at radius 2 is 1.93 bits per heavy atom. The highest BCUT2D eigenvalue weighted by molar-refractivity contribution is 5.95. The minimum Gasteiger partial charge on any atom is -0.427 e. The lowest BCUT2D eigenvalue weighted by Crippen LogP contribution is -2.44. The molecular weight excluding hydrogens is 399 g/mol. The van der Waals surface area contributed by atoms with E-state index in [2.05, 4.69) is 22.8 Å². The van der Waals surface area contributed by atoms with Gasteiger partial charge in [0, 0.05) is 24.5 Å². The number of benzene rings is 1. The Labute approximate surface area is 177 Å². The van der Waals surface area contributed by atoms with E-state index < -0.39 is 5.63 Å². The molecule has 28 heavy (non-hydrogen) atoms. The molecule has 0 saturated carbocycles. The number of halogens is 2. The van der Waals surface area contributed by atoms with Crippen LogP contribution in [0.4, 0.5) is 0 Å². The molecule has 152 valence electrons. The van der Waals surface area contributed by atoms with Crippen molar-refractivity contribution in [1.82, 2.24) is 10.6 Å². The standard InChI is InChI=1S/C21H24N2O3.2ClH/c1-13-11-16(9-7-14-5-3-2-4-6-14)26-21(25)19(13)20(24)23-18-12-15-8-10-17(18)22-15;;/h2-6,11,15,17-18,22H,7-10,12H2,1H3,(H,23,24);2*1H/t15-,17+,18+;;/m1../s1. The van der Waals surface area contributed by atoms with E-state index in [-0.39, 0.29) is 42.3 Å². The Hall–Kier alpha value is -1.82. The zero-order valence-corrected chi connectivity index (χ0v) is 17.4. The maximum Gasteiger partial charge on any atom is 0.349 e. The third-order valence-electron chi connectivity index (χ3n) is 5.55. The third kappa shape index (κ3) is 4.77. The number of hydrogen-bond donors (Lipinski definition) is 2. The summed E-state index contributed by atoms with van der Waals surface area (Å²) in [6.45, 7) is 1.80. The quantitative estimate of drug-likeness (QED) is 0.772. The number of rotatable bonds is 5. The van der Waals surface area contributed by atoms with Crippen molar-refractivity contribution in [3.8, 4) is 0 Å². The molecule has 1 amide bonds. The number of amides is 1. The second kappa shape index (κ2) is 9.59. The van der Waals surface area contributed by atoms with Gasteiger partial charge in [-0.2, -0.15) is 0 Å². The monoisotopic (exact) mass is 424 g/mol. The topological polar surface area (TPSA) is 71.3 Å². The van der Waals surface area contributed by atoms with Crippen molar-refractivity contribution >= 4 is 30.7 Å². The van der Waals surface area contributed by atoms with Crippen LogP contribution in [0.5, 0.6) is 0 Å². The van der Waals surface area contributed by atoms with Crippen LogP contribution in [0.3, 0.4) is 0 Å². The van der Waals surface area contributed by atoms with Crippen molar-refractivity contribution in [3.63, 3.8) is 0 Å². The van der Waals surface area contributed by atoms with Crippen molar-refractivity contribution in [2.75, 3.05) is 0 Å². The summed E-state index contributed by atoms with van der Waals surface area (Å²) in [7, 11) is 0. The fraction of sp³-hybridized carbons (Fsp3) is 0.429. The number of aryl methyl sites for hydroxylation is 3. The first-order valence-electron chi connectivity index (χ1n) is 9.34. The van der Waals surface area contributed by atoms with Crippen molar-refractivity contribution in [2.45, 2.75) is 57.2 Å². The van der Waals surface area contributed by atoms with Crippen LogP contribution in [0.25, 0.3) is 0 Å². The van der Waals surface area contributed by atoms with Crippen LogP contribution < -0.4 is 16.3 Å². The van der Waals surface area contributed by atoms with E-state index in [1.807, 2.05) is 24.3 Å². The minimum atomic E-state index is -0.540. The zero-order chi connectivity index (χ0) is 18.1. The number of hydrogen-bond acceptors (Lipinski definition) is 4. The molecule has 1 aromatic carbocycles. The molecule has 0 radical (unpaired) electrons. The summed E-state index contributed by atoms with van der Waals surface area (Å²) in [4.78, 5) is 25.0. The summed E-state index contributed by atoms with van der Waals surface area (Å²) in [5.74, 6) is 0.305. The third-order valence-corrected chi connectivity index (χ3v) is 5.55. The van der Waals surface area contributed by atoms with Crippen LogP contribution in [0.15, 0.2) is 45.6 Å². The molecule has 2 N–H and O–H groups in total. The molecule has 0 spiro atoms. The van der Waals surface area contributed by atoms with E-state index in [0.717, 1.165) is 19.3 Å². The molecule has 7 heteroatoms. The van der Waals surface area contributed by atoms with Gasteiger partial charge in [-0.15, -0.1) is 24.8 Å². The van der Waals surface area contributed by atoms with Crippen LogP contribution in [0.1, 0.15) is 46.5 Å². The summed E-state index contributed by atoms with van der Waals surface area (Å²) < 4.78 is 5.43. The van der Waals surface area contributed by atoms with Gasteiger partial charge < -0.3 is 15.1 Å². The van der Waals surface area contributed by atoms with E-state index in [4.69, 9.17) is 4.42 Å². The maximum atomic E-state index is 12.6. The van der Waals surface area contributed by atoms with E-state index >= 15 is 0 Å². The number of carbonyl (C=O) groups excluding carboxylic acids is 1. The van der Waals surface area contributed by atoms with Gasteiger partial charge in [0.05, 0.1) is 0 Å². The molecule has 3 heterocycles. The number of carbonyl (C=O) groups is 1. The molecule has 0 aliphatic carbocycles. The van der Waals surface area contributed by atoms with Gasteiger partial charge in [-0.25, -0.2) is 4.79 Å². The van der Waals surface area contributed by atoms with Crippen molar-refractivity contribution < 1.29 is 9.21 Å². The van der Waals surface area contributed by atoms with Gasteiger partial charge >= 0.3 is 5.63 Å². The van der Waals surface area contributed by atoms with Gasteiger partial charge in [0.25, 0.3) is 5.91 Å². The Balaban J connectivity index is 0.00000140. The van der Waals surface area contributed by atoms with Crippen molar-refractivity contribution in [3.05, 3.63) is 69.3 Å². The van der Waals surface area contributed by atoms with Gasteiger partial charge in [0.1, 0.15) is 11.3 Å². The summed E-state index contributed by atoms with van der Waals surface area (Å²) in [6, 6.07) is 12.8. The van der Waals surface area contributed by atoms with Gasteiger partial charge in [0.2, 0.25) is 0 Å². The van der Waals surface area contributed by atoms with Crippen LogP contribution in [-0.4, -0.2) is 24.0 Å².